The van der Waals surface area contributed by atoms with Gasteiger partial charge in [0.25, 0.3) is 0 Å². The molecule has 6 heteroatoms. The molecule has 106 valence electrons. The maximum Gasteiger partial charge on any atom is 0.237 e. The summed E-state index contributed by atoms with van der Waals surface area (Å²) in [6.07, 6.45) is 0.0926. The van der Waals surface area contributed by atoms with E-state index in [-0.39, 0.29) is 18.0 Å². The molecule has 5 nitrogen and oxygen atoms in total. The molecule has 0 radical (unpaired) electrons. The van der Waals surface area contributed by atoms with Gasteiger partial charge in [0.2, 0.25) is 5.91 Å². The third kappa shape index (κ3) is 3.76. The van der Waals surface area contributed by atoms with E-state index in [4.69, 9.17) is 0 Å². The van der Waals surface area contributed by atoms with Crippen LogP contribution in [0.15, 0.2) is 17.5 Å². The van der Waals surface area contributed by atoms with E-state index in [0.29, 0.717) is 19.5 Å². The van der Waals surface area contributed by atoms with E-state index in [0.717, 1.165) is 0 Å². The number of likely N-dealkylation sites (N-methyl/N-ethyl adjacent to an activating group) is 1. The van der Waals surface area contributed by atoms with Gasteiger partial charge in [-0.2, -0.15) is 0 Å². The highest BCUT2D eigenvalue weighted by Crippen LogP contribution is 2.22. The predicted octanol–water partition coefficient (Wildman–Crippen LogP) is 0.190. The van der Waals surface area contributed by atoms with Crippen LogP contribution in [0.4, 0.5) is 0 Å². The van der Waals surface area contributed by atoms with Crippen LogP contribution in [0.5, 0.6) is 0 Å². The van der Waals surface area contributed by atoms with Crippen molar-refractivity contribution < 1.29 is 9.90 Å². The lowest BCUT2D eigenvalue weighted by molar-refractivity contribution is -0.123. The lowest BCUT2D eigenvalue weighted by Gasteiger charge is -2.24. The Morgan fingerprint density at radius 3 is 3.00 bits per heavy atom. The molecule has 19 heavy (non-hydrogen) atoms. The zero-order chi connectivity index (χ0) is 13.8. The number of carbonyl (C=O) groups is 1. The van der Waals surface area contributed by atoms with Gasteiger partial charge in [-0.05, 0) is 32.0 Å². The summed E-state index contributed by atoms with van der Waals surface area (Å²) in [5.74, 6) is -0.0278. The van der Waals surface area contributed by atoms with Gasteiger partial charge in [-0.25, -0.2) is 0 Å². The van der Waals surface area contributed by atoms with Crippen molar-refractivity contribution in [3.8, 4) is 0 Å². The Morgan fingerprint density at radius 1 is 1.68 bits per heavy atom. The first-order valence-corrected chi connectivity index (χ1v) is 7.35. The van der Waals surface area contributed by atoms with Crippen LogP contribution >= 0.6 is 11.3 Å². The van der Waals surface area contributed by atoms with Gasteiger partial charge in [0, 0.05) is 18.0 Å². The second-order valence-corrected chi connectivity index (χ2v) is 6.07. The van der Waals surface area contributed by atoms with E-state index in [1.807, 2.05) is 25.5 Å². The average Bonchev–Trinajstić information content (AvgIpc) is 3.00. The Labute approximate surface area is 117 Å². The number of carbonyl (C=O) groups excluding carboxylic acids is 1. The van der Waals surface area contributed by atoms with E-state index in [9.17, 15) is 9.90 Å². The van der Waals surface area contributed by atoms with E-state index in [1.165, 1.54) is 4.88 Å². The summed E-state index contributed by atoms with van der Waals surface area (Å²) in [4.78, 5) is 15.3. The van der Waals surface area contributed by atoms with Crippen molar-refractivity contribution in [1.29, 1.82) is 0 Å². The van der Waals surface area contributed by atoms with Gasteiger partial charge < -0.3 is 20.6 Å². The maximum absolute atomic E-state index is 12.0. The van der Waals surface area contributed by atoms with Crippen LogP contribution in [0.1, 0.15) is 17.3 Å². The second kappa shape index (κ2) is 6.47. The van der Waals surface area contributed by atoms with Crippen LogP contribution in [0.3, 0.4) is 0 Å². The van der Waals surface area contributed by atoms with E-state index in [1.54, 1.807) is 11.3 Å². The highest BCUT2D eigenvalue weighted by Gasteiger charge is 2.28. The average molecular weight is 283 g/mol. The van der Waals surface area contributed by atoms with Gasteiger partial charge >= 0.3 is 0 Å². The van der Waals surface area contributed by atoms with Crippen LogP contribution in [0, 0.1) is 0 Å². The van der Waals surface area contributed by atoms with E-state index >= 15 is 0 Å². The number of aliphatic hydroxyl groups is 1. The van der Waals surface area contributed by atoms with Gasteiger partial charge in [-0.15, -0.1) is 11.3 Å². The van der Waals surface area contributed by atoms with Crippen molar-refractivity contribution >= 4 is 17.2 Å². The summed E-state index contributed by atoms with van der Waals surface area (Å²) in [6, 6.07) is 4.03. The Morgan fingerprint density at radius 2 is 2.47 bits per heavy atom. The van der Waals surface area contributed by atoms with Crippen molar-refractivity contribution in [2.75, 3.05) is 27.2 Å². The van der Waals surface area contributed by atoms with Crippen molar-refractivity contribution in [2.45, 2.75) is 24.6 Å². The monoisotopic (exact) mass is 283 g/mol. The van der Waals surface area contributed by atoms with Crippen LogP contribution in [-0.2, 0) is 4.79 Å². The molecule has 3 atom stereocenters. The normalized spacial score (nSPS) is 24.6. The first-order valence-electron chi connectivity index (χ1n) is 6.47. The van der Waals surface area contributed by atoms with E-state index in [2.05, 4.69) is 21.6 Å². The quantitative estimate of drug-likeness (QED) is 0.722. The van der Waals surface area contributed by atoms with E-state index < -0.39 is 6.10 Å². The van der Waals surface area contributed by atoms with Gasteiger partial charge in [-0.1, -0.05) is 6.07 Å². The van der Waals surface area contributed by atoms with Crippen molar-refractivity contribution in [3.63, 3.8) is 0 Å². The van der Waals surface area contributed by atoms with Crippen LogP contribution in [0.2, 0.25) is 0 Å². The minimum Gasteiger partial charge on any atom is -0.392 e. The number of nitrogens with one attached hydrogen (secondary N) is 2. The molecule has 0 aromatic carbocycles. The van der Waals surface area contributed by atoms with Crippen LogP contribution < -0.4 is 10.6 Å². The fourth-order valence-electron chi connectivity index (χ4n) is 2.26. The summed E-state index contributed by atoms with van der Waals surface area (Å²) in [6.45, 7) is 1.08. The summed E-state index contributed by atoms with van der Waals surface area (Å²) in [7, 11) is 4.02. The number of hydrogen-bond acceptors (Lipinski definition) is 5. The van der Waals surface area contributed by atoms with Gasteiger partial charge in [0.1, 0.15) is 0 Å². The summed E-state index contributed by atoms with van der Waals surface area (Å²) >= 11 is 1.70. The van der Waals surface area contributed by atoms with Crippen LogP contribution in [0.25, 0.3) is 0 Å². The Kier molecular flexibility index (Phi) is 4.93. The number of thiophene rings is 1. The fraction of sp³-hybridized carbons (Fsp3) is 0.615. The Hall–Kier alpha value is -0.950. The van der Waals surface area contributed by atoms with Crippen molar-refractivity contribution in [1.82, 2.24) is 15.5 Å². The molecule has 1 fully saturated rings. The molecule has 0 aliphatic carbocycles. The molecule has 1 aromatic rings. The molecule has 0 bridgehead atoms. The largest absolute Gasteiger partial charge is 0.392 e. The van der Waals surface area contributed by atoms with Gasteiger partial charge in [0.15, 0.2) is 0 Å². The zero-order valence-corrected chi connectivity index (χ0v) is 12.1. The van der Waals surface area contributed by atoms with Crippen LogP contribution in [-0.4, -0.2) is 55.2 Å². The summed E-state index contributed by atoms with van der Waals surface area (Å²) in [5.41, 5.74) is 0. The second-order valence-electron chi connectivity index (χ2n) is 5.09. The number of rotatable bonds is 5. The molecule has 1 amide bonds. The number of nitrogens with zero attached hydrogens (tertiary/aromatic N) is 1. The Bertz CT molecular complexity index is 408. The molecule has 2 rings (SSSR count). The SMILES string of the molecule is CN(C)C(CNC(=O)C1CC(O)CN1)c1cccs1. The molecule has 3 unspecified atom stereocenters. The molecule has 2 heterocycles. The minimum absolute atomic E-state index is 0.0278. The molecular weight excluding hydrogens is 262 g/mol. The highest BCUT2D eigenvalue weighted by molar-refractivity contribution is 7.10. The summed E-state index contributed by atoms with van der Waals surface area (Å²) < 4.78 is 0. The highest BCUT2D eigenvalue weighted by atomic mass is 32.1. The predicted molar refractivity (Wildman–Crippen MR) is 76.2 cm³/mol. The first kappa shape index (κ1) is 14.5. The van der Waals surface area contributed by atoms with Crippen molar-refractivity contribution in [2.24, 2.45) is 0 Å². The molecule has 1 aliphatic heterocycles. The number of amides is 1. The topological polar surface area (TPSA) is 64.6 Å². The molecule has 1 saturated heterocycles. The molecule has 0 spiro atoms. The fourth-order valence-corrected chi connectivity index (χ4v) is 3.18. The molecule has 3 N–H and O–H groups in total. The lowest BCUT2D eigenvalue weighted by atomic mass is 10.1. The first-order chi connectivity index (χ1) is 9.08. The number of hydrogen-bond donors (Lipinski definition) is 3. The molecular formula is C13H21N3O2S. The molecule has 1 aliphatic rings. The lowest BCUT2D eigenvalue weighted by Crippen LogP contribution is -2.43. The third-order valence-electron chi connectivity index (χ3n) is 3.39. The Balaban J connectivity index is 1.87. The number of aliphatic hydroxyl groups excluding tert-OH is 1. The molecule has 0 saturated carbocycles. The smallest absolute Gasteiger partial charge is 0.237 e. The minimum atomic E-state index is -0.405. The zero-order valence-electron chi connectivity index (χ0n) is 11.3. The standard InChI is InChI=1S/C13H21N3O2S/c1-16(2)11(12-4-3-5-19-12)8-15-13(18)10-6-9(17)7-14-10/h3-5,9-11,14,17H,6-8H2,1-2H3,(H,15,18). The summed E-state index contributed by atoms with van der Waals surface area (Å²) in [5, 5.41) is 17.4. The maximum atomic E-state index is 12.0. The molecule has 1 aromatic heterocycles. The van der Waals surface area contributed by atoms with Gasteiger partial charge in [-0.3, -0.25) is 4.79 Å². The van der Waals surface area contributed by atoms with Gasteiger partial charge in [0.05, 0.1) is 18.2 Å². The third-order valence-corrected chi connectivity index (χ3v) is 4.36. The van der Waals surface area contributed by atoms with Crippen molar-refractivity contribution in [3.05, 3.63) is 22.4 Å². The number of β-amino-alcohol motifs (C(OH)–C–C–N with tert-alkyl or cyclic N) is 1.